The molecule has 24 heavy (non-hydrogen) atoms. The molecular weight excluding hydrogens is 308 g/mol. The molecule has 0 aliphatic carbocycles. The van der Waals surface area contributed by atoms with Gasteiger partial charge in [0.15, 0.2) is 0 Å². The van der Waals surface area contributed by atoms with E-state index in [0.29, 0.717) is 19.5 Å². The van der Waals surface area contributed by atoms with E-state index in [1.165, 1.54) is 6.42 Å². The second-order valence-corrected chi connectivity index (χ2v) is 6.95. The molecule has 0 saturated carbocycles. The number of hydrogen-bond acceptors (Lipinski definition) is 4. The van der Waals surface area contributed by atoms with Crippen LogP contribution >= 0.6 is 0 Å². The SMILES string of the molecule is CC(C)[C@@H](CN(C)CC(=O)N1CCCCC1)N(C)C(=O)CNC=O. The van der Waals surface area contributed by atoms with Crippen molar-refractivity contribution < 1.29 is 14.4 Å². The summed E-state index contributed by atoms with van der Waals surface area (Å²) in [6.45, 7) is 6.83. The summed E-state index contributed by atoms with van der Waals surface area (Å²) in [5.74, 6) is 0.288. The Morgan fingerprint density at radius 1 is 1.17 bits per heavy atom. The molecule has 1 atom stereocenters. The lowest BCUT2D eigenvalue weighted by atomic mass is 10.0. The quantitative estimate of drug-likeness (QED) is 0.607. The summed E-state index contributed by atoms with van der Waals surface area (Å²) >= 11 is 0. The van der Waals surface area contributed by atoms with E-state index in [2.05, 4.69) is 19.2 Å². The van der Waals surface area contributed by atoms with E-state index < -0.39 is 0 Å². The van der Waals surface area contributed by atoms with Gasteiger partial charge in [-0.3, -0.25) is 19.3 Å². The van der Waals surface area contributed by atoms with Crippen LogP contribution in [0, 0.1) is 5.92 Å². The number of nitrogens with zero attached hydrogens (tertiary/aromatic N) is 3. The van der Waals surface area contributed by atoms with Crippen LogP contribution in [0.25, 0.3) is 0 Å². The van der Waals surface area contributed by atoms with Crippen molar-refractivity contribution in [3.05, 3.63) is 0 Å². The first-order valence-electron chi connectivity index (χ1n) is 8.75. The highest BCUT2D eigenvalue weighted by atomic mass is 16.2. The van der Waals surface area contributed by atoms with Crippen LogP contribution < -0.4 is 5.32 Å². The van der Waals surface area contributed by atoms with Gasteiger partial charge < -0.3 is 15.1 Å². The smallest absolute Gasteiger partial charge is 0.241 e. The van der Waals surface area contributed by atoms with Crippen LogP contribution in [-0.4, -0.2) is 85.8 Å². The third-order valence-corrected chi connectivity index (χ3v) is 4.61. The molecule has 0 aromatic carbocycles. The van der Waals surface area contributed by atoms with Gasteiger partial charge in [-0.1, -0.05) is 13.8 Å². The maximum atomic E-state index is 12.4. The summed E-state index contributed by atoms with van der Waals surface area (Å²) in [7, 11) is 3.67. The van der Waals surface area contributed by atoms with Crippen molar-refractivity contribution in [1.82, 2.24) is 20.0 Å². The molecule has 0 bridgehead atoms. The number of piperidine rings is 1. The predicted molar refractivity (Wildman–Crippen MR) is 93.4 cm³/mol. The van der Waals surface area contributed by atoms with Crippen molar-refractivity contribution in [3.8, 4) is 0 Å². The summed E-state index contributed by atoms with van der Waals surface area (Å²) in [5, 5.41) is 2.41. The molecule has 7 heteroatoms. The first kappa shape index (κ1) is 20.4. The minimum Gasteiger partial charge on any atom is -0.350 e. The molecule has 3 amide bonds. The largest absolute Gasteiger partial charge is 0.350 e. The molecule has 1 N–H and O–H groups in total. The Morgan fingerprint density at radius 3 is 2.33 bits per heavy atom. The van der Waals surface area contributed by atoms with Gasteiger partial charge in [-0.2, -0.15) is 0 Å². The number of rotatable bonds is 9. The molecule has 0 radical (unpaired) electrons. The predicted octanol–water partition coefficient (Wildman–Crippen LogP) is 0.160. The van der Waals surface area contributed by atoms with E-state index in [1.807, 2.05) is 16.8 Å². The van der Waals surface area contributed by atoms with Crippen LogP contribution in [0.3, 0.4) is 0 Å². The summed E-state index contributed by atoms with van der Waals surface area (Å²) in [4.78, 5) is 40.4. The van der Waals surface area contributed by atoms with E-state index in [0.717, 1.165) is 25.9 Å². The summed E-state index contributed by atoms with van der Waals surface area (Å²) in [6, 6.07) is -0.00916. The molecule has 138 valence electrons. The molecule has 1 fully saturated rings. The summed E-state index contributed by atoms with van der Waals surface area (Å²) in [6.07, 6.45) is 3.91. The number of carbonyl (C=O) groups excluding carboxylic acids is 3. The van der Waals surface area contributed by atoms with Crippen LogP contribution in [0.1, 0.15) is 33.1 Å². The standard InChI is InChI=1S/C17H32N4O3/c1-14(2)15(20(4)16(23)10-18-13-22)11-19(3)12-17(24)21-8-6-5-7-9-21/h13-15H,5-12H2,1-4H3,(H,18,22)/t15-/m1/s1. The van der Waals surface area contributed by atoms with E-state index in [1.54, 1.807) is 11.9 Å². The van der Waals surface area contributed by atoms with Gasteiger partial charge in [0.25, 0.3) is 0 Å². The van der Waals surface area contributed by atoms with Gasteiger partial charge in [0, 0.05) is 32.7 Å². The van der Waals surface area contributed by atoms with E-state index in [9.17, 15) is 14.4 Å². The molecule has 0 unspecified atom stereocenters. The Balaban J connectivity index is 2.55. The fourth-order valence-corrected chi connectivity index (χ4v) is 3.08. The lowest BCUT2D eigenvalue weighted by Gasteiger charge is -2.35. The Bertz CT molecular complexity index is 422. The minimum atomic E-state index is -0.128. The molecule has 1 rings (SSSR count). The second-order valence-electron chi connectivity index (χ2n) is 6.95. The van der Waals surface area contributed by atoms with Crippen molar-refractivity contribution in [2.75, 3.05) is 46.8 Å². The van der Waals surface area contributed by atoms with Crippen LogP contribution in [0.2, 0.25) is 0 Å². The summed E-state index contributed by atoms with van der Waals surface area (Å²) < 4.78 is 0. The molecule has 0 spiro atoms. The van der Waals surface area contributed by atoms with Crippen molar-refractivity contribution in [1.29, 1.82) is 0 Å². The molecule has 1 aliphatic heterocycles. The third kappa shape index (κ3) is 6.47. The van der Waals surface area contributed by atoms with Gasteiger partial charge in [-0.25, -0.2) is 0 Å². The maximum absolute atomic E-state index is 12.4. The zero-order chi connectivity index (χ0) is 18.1. The fraction of sp³-hybridized carbons (Fsp3) is 0.824. The fourth-order valence-electron chi connectivity index (χ4n) is 3.08. The number of likely N-dealkylation sites (N-methyl/N-ethyl adjacent to an activating group) is 2. The lowest BCUT2D eigenvalue weighted by Crippen LogP contribution is -2.51. The molecular formula is C17H32N4O3. The van der Waals surface area contributed by atoms with E-state index >= 15 is 0 Å². The highest BCUT2D eigenvalue weighted by Crippen LogP contribution is 2.12. The van der Waals surface area contributed by atoms with Gasteiger partial charge in [-0.15, -0.1) is 0 Å². The average Bonchev–Trinajstić information content (AvgIpc) is 2.57. The first-order valence-corrected chi connectivity index (χ1v) is 8.75. The van der Waals surface area contributed by atoms with Crippen molar-refractivity contribution >= 4 is 18.2 Å². The van der Waals surface area contributed by atoms with Crippen molar-refractivity contribution in [3.63, 3.8) is 0 Å². The Hall–Kier alpha value is -1.63. The lowest BCUT2D eigenvalue weighted by molar-refractivity contribution is -0.134. The Morgan fingerprint density at radius 2 is 1.79 bits per heavy atom. The number of hydrogen-bond donors (Lipinski definition) is 1. The van der Waals surface area contributed by atoms with Gasteiger partial charge in [0.05, 0.1) is 13.1 Å². The minimum absolute atomic E-state index is 0.000355. The highest BCUT2D eigenvalue weighted by molar-refractivity contribution is 5.80. The zero-order valence-electron chi connectivity index (χ0n) is 15.5. The van der Waals surface area contributed by atoms with Gasteiger partial charge in [0.1, 0.15) is 0 Å². The molecule has 0 aromatic heterocycles. The molecule has 1 aliphatic rings. The number of amides is 3. The van der Waals surface area contributed by atoms with Crippen LogP contribution in [0.15, 0.2) is 0 Å². The molecule has 1 heterocycles. The normalized spacial score (nSPS) is 16.2. The van der Waals surface area contributed by atoms with E-state index in [-0.39, 0.29) is 30.3 Å². The molecule has 7 nitrogen and oxygen atoms in total. The van der Waals surface area contributed by atoms with Crippen LogP contribution in [0.4, 0.5) is 0 Å². The number of nitrogens with one attached hydrogen (secondary N) is 1. The Labute approximate surface area is 145 Å². The number of carbonyl (C=O) groups is 3. The summed E-state index contributed by atoms with van der Waals surface area (Å²) in [5.41, 5.74) is 0. The van der Waals surface area contributed by atoms with Gasteiger partial charge in [-0.05, 0) is 32.2 Å². The molecule has 1 saturated heterocycles. The van der Waals surface area contributed by atoms with Crippen LogP contribution in [0.5, 0.6) is 0 Å². The zero-order valence-corrected chi connectivity index (χ0v) is 15.5. The van der Waals surface area contributed by atoms with Crippen molar-refractivity contribution in [2.45, 2.75) is 39.2 Å². The monoisotopic (exact) mass is 340 g/mol. The molecule has 0 aromatic rings. The second kappa shape index (κ2) is 10.3. The van der Waals surface area contributed by atoms with E-state index in [4.69, 9.17) is 0 Å². The Kier molecular flexibility index (Phi) is 8.74. The maximum Gasteiger partial charge on any atom is 0.241 e. The van der Waals surface area contributed by atoms with Crippen LogP contribution in [-0.2, 0) is 14.4 Å². The highest BCUT2D eigenvalue weighted by Gasteiger charge is 2.25. The first-order chi connectivity index (χ1) is 11.4. The third-order valence-electron chi connectivity index (χ3n) is 4.61. The van der Waals surface area contributed by atoms with Gasteiger partial charge >= 0.3 is 0 Å². The van der Waals surface area contributed by atoms with Gasteiger partial charge in [0.2, 0.25) is 18.2 Å². The average molecular weight is 340 g/mol. The topological polar surface area (TPSA) is 73.0 Å². The number of likely N-dealkylation sites (tertiary alicyclic amines) is 1. The van der Waals surface area contributed by atoms with Crippen molar-refractivity contribution in [2.24, 2.45) is 5.92 Å².